The molecule has 0 spiro atoms. The fourth-order valence-corrected chi connectivity index (χ4v) is 3.19. The van der Waals surface area contributed by atoms with E-state index >= 15 is 0 Å². The Morgan fingerprint density at radius 3 is 2.17 bits per heavy atom. The van der Waals surface area contributed by atoms with Crippen molar-refractivity contribution < 1.29 is 19.7 Å². The van der Waals surface area contributed by atoms with Gasteiger partial charge in [-0.3, -0.25) is 10.1 Å². The molecule has 1 aliphatic heterocycles. The van der Waals surface area contributed by atoms with Crippen LogP contribution in [-0.2, 0) is 9.53 Å². The molecule has 0 bridgehead atoms. The molecule has 0 aromatic heterocycles. The first-order valence-corrected chi connectivity index (χ1v) is 8.82. The molecule has 2 aromatic rings. The number of hydrogen-bond donors (Lipinski definition) is 2. The second kappa shape index (κ2) is 8.98. The zero-order chi connectivity index (χ0) is 20.8. The summed E-state index contributed by atoms with van der Waals surface area (Å²) in [6.07, 6.45) is 1.27. The maximum atomic E-state index is 12.2. The SMILES string of the molecule is COC1=NC(NC(C(=O)O)C(c2ccccc2)c2ccccc2)N([N+](=O)[O-])C=C1. The number of carbonyl (C=O) groups is 1. The number of nitro groups is 1. The summed E-state index contributed by atoms with van der Waals surface area (Å²) in [5.74, 6) is -1.61. The van der Waals surface area contributed by atoms with Gasteiger partial charge in [0.05, 0.1) is 13.3 Å². The summed E-state index contributed by atoms with van der Waals surface area (Å²) < 4.78 is 5.05. The fraction of sp³-hybridized carbons (Fsp3) is 0.200. The number of ether oxygens (including phenoxy) is 1. The quantitative estimate of drug-likeness (QED) is 0.544. The minimum atomic E-state index is -1.25. The third kappa shape index (κ3) is 4.58. The Labute approximate surface area is 167 Å². The van der Waals surface area contributed by atoms with E-state index in [-0.39, 0.29) is 5.90 Å². The molecule has 2 unspecified atom stereocenters. The number of hydrogen-bond acceptors (Lipinski definition) is 6. The van der Waals surface area contributed by atoms with E-state index in [1.807, 2.05) is 60.7 Å². The van der Waals surface area contributed by atoms with Crippen molar-refractivity contribution >= 4 is 11.9 Å². The van der Waals surface area contributed by atoms with Gasteiger partial charge in [-0.15, -0.1) is 0 Å². The lowest BCUT2D eigenvalue weighted by atomic mass is 9.85. The van der Waals surface area contributed by atoms with Crippen LogP contribution in [0.4, 0.5) is 0 Å². The van der Waals surface area contributed by atoms with E-state index in [0.29, 0.717) is 5.01 Å². The average Bonchev–Trinajstić information content (AvgIpc) is 2.74. The van der Waals surface area contributed by atoms with Gasteiger partial charge in [-0.2, -0.15) is 0 Å². The smallest absolute Gasteiger partial charge is 0.321 e. The Kier molecular flexibility index (Phi) is 6.20. The number of hydrazine groups is 1. The predicted molar refractivity (Wildman–Crippen MR) is 105 cm³/mol. The topological polar surface area (TPSA) is 117 Å². The summed E-state index contributed by atoms with van der Waals surface area (Å²) in [4.78, 5) is 27.8. The first-order chi connectivity index (χ1) is 14.0. The van der Waals surface area contributed by atoms with Crippen molar-refractivity contribution in [2.24, 2.45) is 4.99 Å². The van der Waals surface area contributed by atoms with Crippen LogP contribution < -0.4 is 5.32 Å². The first-order valence-electron chi connectivity index (χ1n) is 8.82. The Balaban J connectivity index is 2.01. The lowest BCUT2D eigenvalue weighted by Gasteiger charge is -2.30. The Morgan fingerprint density at radius 1 is 1.17 bits per heavy atom. The number of aliphatic imine (C=N–C) groups is 1. The largest absolute Gasteiger partial charge is 0.481 e. The summed E-state index contributed by atoms with van der Waals surface area (Å²) in [7, 11) is 1.38. The van der Waals surface area contributed by atoms with Crippen LogP contribution in [0.25, 0.3) is 0 Å². The Morgan fingerprint density at radius 2 is 1.72 bits per heavy atom. The summed E-state index contributed by atoms with van der Waals surface area (Å²) in [6, 6.07) is 17.0. The molecule has 2 aromatic carbocycles. The van der Waals surface area contributed by atoms with Crippen molar-refractivity contribution in [3.63, 3.8) is 0 Å². The number of nitrogens with zero attached hydrogens (tertiary/aromatic N) is 3. The lowest BCUT2D eigenvalue weighted by molar-refractivity contribution is -0.650. The van der Waals surface area contributed by atoms with Crippen molar-refractivity contribution in [2.75, 3.05) is 7.11 Å². The van der Waals surface area contributed by atoms with Crippen LogP contribution in [-0.4, -0.2) is 46.5 Å². The van der Waals surface area contributed by atoms with Gasteiger partial charge in [0, 0.05) is 12.0 Å². The van der Waals surface area contributed by atoms with Crippen LogP contribution in [0.15, 0.2) is 77.9 Å². The molecule has 0 saturated heterocycles. The van der Waals surface area contributed by atoms with E-state index in [2.05, 4.69) is 10.3 Å². The van der Waals surface area contributed by atoms with E-state index in [9.17, 15) is 20.0 Å². The highest BCUT2D eigenvalue weighted by atomic mass is 16.7. The van der Waals surface area contributed by atoms with Gasteiger partial charge in [0.15, 0.2) is 5.03 Å². The molecule has 0 amide bonds. The normalized spacial score (nSPS) is 17.0. The predicted octanol–water partition coefficient (Wildman–Crippen LogP) is 2.21. The molecule has 1 heterocycles. The highest BCUT2D eigenvalue weighted by Gasteiger charge is 2.37. The molecule has 29 heavy (non-hydrogen) atoms. The number of carboxylic acids is 1. The number of methoxy groups -OCH3 is 1. The van der Waals surface area contributed by atoms with Crippen LogP contribution in [0.2, 0.25) is 0 Å². The molecular formula is C20H20N4O5. The zero-order valence-electron chi connectivity index (χ0n) is 15.6. The molecule has 2 atom stereocenters. The third-order valence-corrected chi connectivity index (χ3v) is 4.51. The van der Waals surface area contributed by atoms with Crippen LogP contribution >= 0.6 is 0 Å². The standard InChI is InChI=1S/C20H20N4O5/c1-29-16-12-13-23(24(27)28)20(21-16)22-18(19(25)26)17(14-8-4-2-5-9-14)15-10-6-3-7-11-15/h2-13,17-18,20,22H,1H3,(H,25,26). The molecule has 150 valence electrons. The van der Waals surface area contributed by atoms with Gasteiger partial charge in [-0.1, -0.05) is 65.7 Å². The van der Waals surface area contributed by atoms with Gasteiger partial charge in [0.1, 0.15) is 6.04 Å². The van der Waals surface area contributed by atoms with E-state index < -0.39 is 29.3 Å². The number of benzene rings is 2. The van der Waals surface area contributed by atoms with Gasteiger partial charge >= 0.3 is 5.97 Å². The van der Waals surface area contributed by atoms with E-state index in [1.165, 1.54) is 19.4 Å². The van der Waals surface area contributed by atoms with Gasteiger partial charge in [0.2, 0.25) is 12.2 Å². The van der Waals surface area contributed by atoms with E-state index in [0.717, 1.165) is 11.1 Å². The van der Waals surface area contributed by atoms with Gasteiger partial charge in [-0.25, -0.2) is 15.1 Å². The maximum Gasteiger partial charge on any atom is 0.321 e. The Hall–Kier alpha value is -3.72. The summed E-state index contributed by atoms with van der Waals surface area (Å²) in [6.45, 7) is 0. The summed E-state index contributed by atoms with van der Waals surface area (Å²) >= 11 is 0. The van der Waals surface area contributed by atoms with Crippen LogP contribution in [0.5, 0.6) is 0 Å². The van der Waals surface area contributed by atoms with Crippen molar-refractivity contribution in [1.82, 2.24) is 10.3 Å². The van der Waals surface area contributed by atoms with Crippen molar-refractivity contribution in [1.29, 1.82) is 0 Å². The molecule has 2 N–H and O–H groups in total. The molecule has 1 aliphatic rings. The molecule has 0 fully saturated rings. The molecule has 0 radical (unpaired) electrons. The van der Waals surface area contributed by atoms with Gasteiger partial charge < -0.3 is 9.84 Å². The first kappa shape index (κ1) is 20.0. The fourth-order valence-electron chi connectivity index (χ4n) is 3.19. The maximum absolute atomic E-state index is 12.2. The van der Waals surface area contributed by atoms with E-state index in [1.54, 1.807) is 0 Å². The minimum absolute atomic E-state index is 0.153. The van der Waals surface area contributed by atoms with Crippen molar-refractivity contribution in [2.45, 2.75) is 18.2 Å². The monoisotopic (exact) mass is 396 g/mol. The Bertz CT molecular complexity index is 877. The van der Waals surface area contributed by atoms with Crippen LogP contribution in [0, 0.1) is 10.1 Å². The number of rotatable bonds is 7. The summed E-state index contributed by atoms with van der Waals surface area (Å²) in [5, 5.41) is 24.3. The average molecular weight is 396 g/mol. The lowest BCUT2D eigenvalue weighted by Crippen LogP contribution is -2.54. The molecule has 9 nitrogen and oxygen atoms in total. The second-order valence-electron chi connectivity index (χ2n) is 6.26. The second-order valence-corrected chi connectivity index (χ2v) is 6.26. The van der Waals surface area contributed by atoms with Crippen molar-refractivity contribution in [3.8, 4) is 0 Å². The van der Waals surface area contributed by atoms with Gasteiger partial charge in [0.25, 0.3) is 0 Å². The highest BCUT2D eigenvalue weighted by molar-refractivity contribution is 5.88. The number of carboxylic acid groups (broad SMARTS) is 1. The molecule has 9 heteroatoms. The highest BCUT2D eigenvalue weighted by Crippen LogP contribution is 2.29. The third-order valence-electron chi connectivity index (χ3n) is 4.51. The molecule has 0 saturated carbocycles. The molecule has 0 aliphatic carbocycles. The molecular weight excluding hydrogens is 376 g/mol. The van der Waals surface area contributed by atoms with Crippen molar-refractivity contribution in [3.05, 3.63) is 94.2 Å². The molecule has 3 rings (SSSR count). The van der Waals surface area contributed by atoms with Crippen LogP contribution in [0.3, 0.4) is 0 Å². The number of aliphatic carboxylic acids is 1. The van der Waals surface area contributed by atoms with E-state index in [4.69, 9.17) is 4.74 Å². The van der Waals surface area contributed by atoms with Crippen LogP contribution in [0.1, 0.15) is 17.0 Å². The zero-order valence-corrected chi connectivity index (χ0v) is 15.6. The van der Waals surface area contributed by atoms with Gasteiger partial charge in [-0.05, 0) is 11.1 Å². The minimum Gasteiger partial charge on any atom is -0.481 e. The number of nitrogens with one attached hydrogen (secondary N) is 1. The summed E-state index contributed by atoms with van der Waals surface area (Å²) in [5.41, 5.74) is 1.52.